The van der Waals surface area contributed by atoms with Crippen molar-refractivity contribution in [3.8, 4) is 0 Å². The van der Waals surface area contributed by atoms with Crippen LogP contribution in [0.15, 0.2) is 45.5 Å². The minimum atomic E-state index is 0.227. The van der Waals surface area contributed by atoms with Crippen molar-refractivity contribution in [1.29, 1.82) is 0 Å². The van der Waals surface area contributed by atoms with Crippen LogP contribution in [0.1, 0.15) is 24.3 Å². The molecule has 0 saturated carbocycles. The molecule has 2 nitrogen and oxygen atoms in total. The summed E-state index contributed by atoms with van der Waals surface area (Å²) in [6.45, 7) is 2.78. The molecule has 0 fully saturated rings. The van der Waals surface area contributed by atoms with Gasteiger partial charge in [0, 0.05) is 11.1 Å². The molecule has 1 heterocycles. The van der Waals surface area contributed by atoms with E-state index in [2.05, 4.69) is 34.2 Å². The summed E-state index contributed by atoms with van der Waals surface area (Å²) in [7, 11) is 0. The van der Waals surface area contributed by atoms with E-state index in [9.17, 15) is 0 Å². The van der Waals surface area contributed by atoms with Gasteiger partial charge in [0.05, 0.1) is 17.3 Å². The van der Waals surface area contributed by atoms with Crippen molar-refractivity contribution in [3.05, 3.63) is 57.4 Å². The van der Waals surface area contributed by atoms with E-state index in [4.69, 9.17) is 16.0 Å². The van der Waals surface area contributed by atoms with E-state index in [0.717, 1.165) is 15.3 Å². The second-order valence-corrected chi connectivity index (χ2v) is 5.14. The number of benzene rings is 1. The zero-order valence-electron chi connectivity index (χ0n) is 9.41. The lowest BCUT2D eigenvalue weighted by Crippen LogP contribution is -2.17. The predicted octanol–water partition coefficient (Wildman–Crippen LogP) is 4.55. The van der Waals surface area contributed by atoms with Gasteiger partial charge in [0.25, 0.3) is 0 Å². The summed E-state index contributed by atoms with van der Waals surface area (Å²) in [5.74, 6) is 0.902. The first-order valence-electron chi connectivity index (χ1n) is 5.37. The lowest BCUT2D eigenvalue weighted by Gasteiger charge is -2.13. The number of hydrogen-bond acceptors (Lipinski definition) is 2. The Labute approximate surface area is 114 Å². The zero-order valence-corrected chi connectivity index (χ0v) is 11.8. The summed E-state index contributed by atoms with van der Waals surface area (Å²) in [4.78, 5) is 0. The van der Waals surface area contributed by atoms with Crippen molar-refractivity contribution in [2.24, 2.45) is 0 Å². The largest absolute Gasteiger partial charge is 0.467 e. The molecule has 2 aromatic rings. The van der Waals surface area contributed by atoms with Gasteiger partial charge in [-0.2, -0.15) is 0 Å². The van der Waals surface area contributed by atoms with Gasteiger partial charge in [-0.1, -0.05) is 23.7 Å². The maximum absolute atomic E-state index is 5.96. The molecule has 0 aliphatic rings. The normalized spacial score (nSPS) is 12.6. The van der Waals surface area contributed by atoms with Crippen molar-refractivity contribution < 1.29 is 4.42 Å². The highest BCUT2D eigenvalue weighted by atomic mass is 79.9. The molecule has 0 aliphatic heterocycles. The van der Waals surface area contributed by atoms with Crippen LogP contribution in [-0.2, 0) is 6.54 Å². The van der Waals surface area contributed by atoms with E-state index in [1.54, 1.807) is 6.26 Å². The van der Waals surface area contributed by atoms with E-state index in [1.165, 1.54) is 5.56 Å². The van der Waals surface area contributed by atoms with Crippen LogP contribution in [0.3, 0.4) is 0 Å². The molecule has 0 radical (unpaired) electrons. The number of furan rings is 1. The lowest BCUT2D eigenvalue weighted by molar-refractivity contribution is 0.458. The first-order chi connectivity index (χ1) is 8.16. The molecular formula is C13H13BrClNO. The van der Waals surface area contributed by atoms with Gasteiger partial charge in [-0.3, -0.25) is 0 Å². The molecule has 4 heteroatoms. The van der Waals surface area contributed by atoms with Gasteiger partial charge in [-0.15, -0.1) is 0 Å². The summed E-state index contributed by atoms with van der Waals surface area (Å²) < 4.78 is 6.33. The van der Waals surface area contributed by atoms with Gasteiger partial charge >= 0.3 is 0 Å². The molecule has 0 aliphatic carbocycles. The van der Waals surface area contributed by atoms with Crippen LogP contribution >= 0.6 is 27.5 Å². The van der Waals surface area contributed by atoms with E-state index in [1.807, 2.05) is 24.3 Å². The van der Waals surface area contributed by atoms with Crippen molar-refractivity contribution >= 4 is 27.5 Å². The number of hydrogen-bond donors (Lipinski definition) is 1. The van der Waals surface area contributed by atoms with Crippen LogP contribution < -0.4 is 5.32 Å². The van der Waals surface area contributed by atoms with E-state index >= 15 is 0 Å². The SMILES string of the molecule is CC(NCc1occc1Br)c1cccc(Cl)c1. The first-order valence-corrected chi connectivity index (χ1v) is 6.54. The molecule has 0 saturated heterocycles. The Bertz CT molecular complexity index is 498. The Morgan fingerprint density at radius 1 is 1.41 bits per heavy atom. The van der Waals surface area contributed by atoms with Crippen LogP contribution in [0.5, 0.6) is 0 Å². The lowest BCUT2D eigenvalue weighted by atomic mass is 10.1. The molecule has 0 bridgehead atoms. The van der Waals surface area contributed by atoms with Crippen molar-refractivity contribution in [1.82, 2.24) is 5.32 Å². The van der Waals surface area contributed by atoms with Gasteiger partial charge in [0.2, 0.25) is 0 Å². The van der Waals surface area contributed by atoms with E-state index in [-0.39, 0.29) is 6.04 Å². The Kier molecular flexibility index (Phi) is 4.26. The number of rotatable bonds is 4. The standard InChI is InChI=1S/C13H13BrClNO/c1-9(10-3-2-4-11(15)7-10)16-8-13-12(14)5-6-17-13/h2-7,9,16H,8H2,1H3. The Morgan fingerprint density at radius 3 is 2.88 bits per heavy atom. The Balaban J connectivity index is 1.98. The third-order valence-electron chi connectivity index (χ3n) is 2.61. The minimum Gasteiger partial charge on any atom is -0.467 e. The van der Waals surface area contributed by atoms with Crippen LogP contribution in [0, 0.1) is 0 Å². The maximum atomic E-state index is 5.96. The van der Waals surface area contributed by atoms with Crippen molar-refractivity contribution in [2.45, 2.75) is 19.5 Å². The molecule has 2 rings (SSSR count). The quantitative estimate of drug-likeness (QED) is 0.896. The average Bonchev–Trinajstić information content (AvgIpc) is 2.72. The van der Waals surface area contributed by atoms with E-state index < -0.39 is 0 Å². The summed E-state index contributed by atoms with van der Waals surface area (Å²) in [6, 6.07) is 9.98. The van der Waals surface area contributed by atoms with Crippen molar-refractivity contribution in [2.75, 3.05) is 0 Å². The molecule has 1 atom stereocenters. The van der Waals surface area contributed by atoms with Crippen LogP contribution in [-0.4, -0.2) is 0 Å². The van der Waals surface area contributed by atoms with Gasteiger partial charge < -0.3 is 9.73 Å². The molecule has 0 spiro atoms. The summed E-state index contributed by atoms with van der Waals surface area (Å²) in [6.07, 6.45) is 1.67. The molecule has 1 N–H and O–H groups in total. The summed E-state index contributed by atoms with van der Waals surface area (Å²) >= 11 is 9.39. The predicted molar refractivity (Wildman–Crippen MR) is 73.1 cm³/mol. The molecule has 17 heavy (non-hydrogen) atoms. The molecule has 1 aromatic heterocycles. The molecular weight excluding hydrogens is 302 g/mol. The molecule has 1 unspecified atom stereocenters. The number of halogens is 2. The Hall–Kier alpha value is -0.770. The molecule has 1 aromatic carbocycles. The Morgan fingerprint density at radius 2 is 2.24 bits per heavy atom. The fourth-order valence-corrected chi connectivity index (χ4v) is 2.13. The smallest absolute Gasteiger partial charge is 0.131 e. The maximum Gasteiger partial charge on any atom is 0.131 e. The fraction of sp³-hybridized carbons (Fsp3) is 0.231. The highest BCUT2D eigenvalue weighted by Crippen LogP contribution is 2.20. The fourth-order valence-electron chi connectivity index (χ4n) is 1.59. The monoisotopic (exact) mass is 313 g/mol. The molecule has 90 valence electrons. The van der Waals surface area contributed by atoms with Gasteiger partial charge in [0.15, 0.2) is 0 Å². The topological polar surface area (TPSA) is 25.2 Å². The van der Waals surface area contributed by atoms with Gasteiger partial charge in [-0.25, -0.2) is 0 Å². The summed E-state index contributed by atoms with van der Waals surface area (Å²) in [5.41, 5.74) is 1.17. The molecule has 0 amide bonds. The van der Waals surface area contributed by atoms with Gasteiger partial charge in [0.1, 0.15) is 5.76 Å². The highest BCUT2D eigenvalue weighted by molar-refractivity contribution is 9.10. The zero-order chi connectivity index (χ0) is 12.3. The minimum absolute atomic E-state index is 0.227. The van der Waals surface area contributed by atoms with Crippen LogP contribution in [0.2, 0.25) is 5.02 Å². The van der Waals surface area contributed by atoms with Crippen LogP contribution in [0.4, 0.5) is 0 Å². The second kappa shape index (κ2) is 5.71. The van der Waals surface area contributed by atoms with E-state index in [0.29, 0.717) is 6.54 Å². The summed E-state index contributed by atoms with van der Waals surface area (Å²) in [5, 5.41) is 4.15. The third kappa shape index (κ3) is 3.35. The number of nitrogens with one attached hydrogen (secondary N) is 1. The van der Waals surface area contributed by atoms with Crippen molar-refractivity contribution in [3.63, 3.8) is 0 Å². The second-order valence-electron chi connectivity index (χ2n) is 3.85. The first kappa shape index (κ1) is 12.7. The highest BCUT2D eigenvalue weighted by Gasteiger charge is 2.08. The van der Waals surface area contributed by atoms with Crippen LogP contribution in [0.25, 0.3) is 0 Å². The van der Waals surface area contributed by atoms with Gasteiger partial charge in [-0.05, 0) is 46.6 Å². The third-order valence-corrected chi connectivity index (χ3v) is 3.55. The average molecular weight is 315 g/mol.